The van der Waals surface area contributed by atoms with Gasteiger partial charge in [0.2, 0.25) is 5.69 Å². The number of aromatic nitrogens is 2. The van der Waals surface area contributed by atoms with E-state index in [9.17, 15) is 0 Å². The van der Waals surface area contributed by atoms with E-state index >= 15 is 0 Å². The lowest BCUT2D eigenvalue weighted by Crippen LogP contribution is -2.30. The summed E-state index contributed by atoms with van der Waals surface area (Å²) in [5.41, 5.74) is 5.34. The fourth-order valence-electron chi connectivity index (χ4n) is 3.66. The van der Waals surface area contributed by atoms with Gasteiger partial charge in [-0.25, -0.2) is 4.57 Å². The van der Waals surface area contributed by atoms with Gasteiger partial charge in [0.15, 0.2) is 6.20 Å². The summed E-state index contributed by atoms with van der Waals surface area (Å²) in [5.74, 6) is 0. The predicted octanol–water partition coefficient (Wildman–Crippen LogP) is 4.93. The van der Waals surface area contributed by atoms with Gasteiger partial charge >= 0.3 is 0 Å². The highest BCUT2D eigenvalue weighted by molar-refractivity contribution is 6.17. The summed E-state index contributed by atoms with van der Waals surface area (Å²) < 4.78 is 8.57. The number of hydrogen-bond donors (Lipinski definition) is 0. The highest BCUT2D eigenvalue weighted by Crippen LogP contribution is 2.39. The van der Waals surface area contributed by atoms with Crippen molar-refractivity contribution < 1.29 is 8.98 Å². The molecule has 120 valence electrons. The van der Waals surface area contributed by atoms with Crippen LogP contribution in [-0.4, -0.2) is 4.98 Å². The summed E-state index contributed by atoms with van der Waals surface area (Å²) in [6.45, 7) is 2.13. The fourth-order valence-corrected chi connectivity index (χ4v) is 3.66. The molecule has 0 amide bonds. The van der Waals surface area contributed by atoms with E-state index in [2.05, 4.69) is 66.1 Å². The van der Waals surface area contributed by atoms with E-state index in [-0.39, 0.29) is 0 Å². The third-order valence-electron chi connectivity index (χ3n) is 4.94. The molecule has 3 nitrogen and oxygen atoms in total. The van der Waals surface area contributed by atoms with Crippen LogP contribution in [0.25, 0.3) is 44.0 Å². The monoisotopic (exact) mass is 325 g/mol. The number of benzene rings is 2. The van der Waals surface area contributed by atoms with E-state index in [1.165, 1.54) is 5.56 Å². The molecule has 5 aromatic rings. The van der Waals surface area contributed by atoms with Crippen LogP contribution in [-0.2, 0) is 7.05 Å². The molecule has 0 atom stereocenters. The predicted molar refractivity (Wildman–Crippen MR) is 100 cm³/mol. The second-order valence-electron chi connectivity index (χ2n) is 6.47. The van der Waals surface area contributed by atoms with Crippen molar-refractivity contribution in [1.82, 2.24) is 4.98 Å². The van der Waals surface area contributed by atoms with Crippen LogP contribution in [0.1, 0.15) is 5.56 Å². The molecule has 0 aliphatic rings. The van der Waals surface area contributed by atoms with Crippen LogP contribution < -0.4 is 4.57 Å². The van der Waals surface area contributed by atoms with Crippen LogP contribution in [0.2, 0.25) is 0 Å². The van der Waals surface area contributed by atoms with Crippen molar-refractivity contribution in [2.24, 2.45) is 7.05 Å². The quantitative estimate of drug-likeness (QED) is 0.409. The first kappa shape index (κ1) is 14.2. The maximum atomic E-state index is 6.43. The van der Waals surface area contributed by atoms with Gasteiger partial charge in [-0.3, -0.25) is 4.98 Å². The fraction of sp³-hybridized carbons (Fsp3) is 0.0909. The van der Waals surface area contributed by atoms with Crippen molar-refractivity contribution in [2.75, 3.05) is 0 Å². The second kappa shape index (κ2) is 5.15. The highest BCUT2D eigenvalue weighted by atomic mass is 16.3. The Hall–Kier alpha value is -3.20. The van der Waals surface area contributed by atoms with Gasteiger partial charge in [-0.1, -0.05) is 18.2 Å². The molecule has 25 heavy (non-hydrogen) atoms. The van der Waals surface area contributed by atoms with E-state index in [4.69, 9.17) is 4.42 Å². The van der Waals surface area contributed by atoms with Gasteiger partial charge < -0.3 is 4.42 Å². The highest BCUT2D eigenvalue weighted by Gasteiger charge is 2.20. The van der Waals surface area contributed by atoms with E-state index in [0.717, 1.165) is 44.0 Å². The number of furan rings is 1. The van der Waals surface area contributed by atoms with Gasteiger partial charge in [0.1, 0.15) is 18.2 Å². The van der Waals surface area contributed by atoms with Gasteiger partial charge in [-0.15, -0.1) is 0 Å². The summed E-state index contributed by atoms with van der Waals surface area (Å²) in [6.07, 6.45) is 5.76. The zero-order valence-corrected chi connectivity index (χ0v) is 14.2. The van der Waals surface area contributed by atoms with Crippen molar-refractivity contribution in [2.45, 2.75) is 6.92 Å². The van der Waals surface area contributed by atoms with Crippen LogP contribution in [0, 0.1) is 6.92 Å². The van der Waals surface area contributed by atoms with E-state index < -0.39 is 0 Å². The number of rotatable bonds is 1. The summed E-state index contributed by atoms with van der Waals surface area (Å²) in [4.78, 5) is 4.28. The van der Waals surface area contributed by atoms with Crippen LogP contribution in [0.3, 0.4) is 0 Å². The summed E-state index contributed by atoms with van der Waals surface area (Å²) in [7, 11) is 2.07. The number of fused-ring (bicyclic) bond motifs is 5. The van der Waals surface area contributed by atoms with E-state index in [0.29, 0.717) is 0 Å². The Balaban J connectivity index is 1.98. The Morgan fingerprint density at radius 3 is 2.60 bits per heavy atom. The van der Waals surface area contributed by atoms with Crippen LogP contribution in [0.4, 0.5) is 0 Å². The Kier molecular flexibility index (Phi) is 2.92. The molecule has 3 heteroatoms. The van der Waals surface area contributed by atoms with Crippen molar-refractivity contribution in [1.29, 1.82) is 0 Å². The van der Waals surface area contributed by atoms with E-state index in [1.54, 1.807) is 0 Å². The molecule has 0 saturated carbocycles. The molecule has 3 heterocycles. The lowest BCUT2D eigenvalue weighted by Gasteiger charge is -2.04. The summed E-state index contributed by atoms with van der Waals surface area (Å²) >= 11 is 0. The molecular weight excluding hydrogens is 308 g/mol. The molecule has 0 aliphatic carbocycles. The number of aryl methyl sites for hydroxylation is 2. The first-order valence-electron chi connectivity index (χ1n) is 8.37. The lowest BCUT2D eigenvalue weighted by atomic mass is 10.00. The molecule has 3 aromatic heterocycles. The molecular formula is C22H17N2O+. The zero-order chi connectivity index (χ0) is 17.0. The standard InChI is InChI=1S/C22H17N2O/c1-14-6-8-17-16-9-7-15-10-11-23-13-18(15)21(16)25-22(17)20(14)19-5-3-4-12-24(19)2/h3-13H,1-2H3/q+1. The Labute approximate surface area is 145 Å². The summed E-state index contributed by atoms with van der Waals surface area (Å²) in [6, 6.07) is 16.9. The minimum Gasteiger partial charge on any atom is -0.454 e. The smallest absolute Gasteiger partial charge is 0.216 e. The van der Waals surface area contributed by atoms with Crippen LogP contribution >= 0.6 is 0 Å². The van der Waals surface area contributed by atoms with Crippen molar-refractivity contribution in [3.63, 3.8) is 0 Å². The molecule has 0 saturated heterocycles. The maximum Gasteiger partial charge on any atom is 0.216 e. The third-order valence-corrected chi connectivity index (χ3v) is 4.94. The average Bonchev–Trinajstić information content (AvgIpc) is 3.01. The average molecular weight is 325 g/mol. The number of nitrogens with zero attached hydrogens (tertiary/aromatic N) is 2. The molecule has 0 spiro atoms. The van der Waals surface area contributed by atoms with Crippen LogP contribution in [0.5, 0.6) is 0 Å². The molecule has 0 aliphatic heterocycles. The van der Waals surface area contributed by atoms with Crippen molar-refractivity contribution in [3.8, 4) is 11.3 Å². The Morgan fingerprint density at radius 2 is 1.72 bits per heavy atom. The molecule has 2 aromatic carbocycles. The number of pyridine rings is 2. The minimum atomic E-state index is 0.908. The largest absolute Gasteiger partial charge is 0.454 e. The van der Waals surface area contributed by atoms with Gasteiger partial charge in [-0.05, 0) is 36.1 Å². The SMILES string of the molecule is Cc1ccc2c(oc3c4cnccc4ccc23)c1-c1cccc[n+]1C. The third kappa shape index (κ3) is 1.99. The normalized spacial score (nSPS) is 11.6. The first-order valence-corrected chi connectivity index (χ1v) is 8.37. The Morgan fingerprint density at radius 1 is 0.880 bits per heavy atom. The first-order chi connectivity index (χ1) is 12.2. The number of hydrogen-bond acceptors (Lipinski definition) is 2. The lowest BCUT2D eigenvalue weighted by molar-refractivity contribution is -0.660. The topological polar surface area (TPSA) is 29.9 Å². The minimum absolute atomic E-state index is 0.908. The maximum absolute atomic E-state index is 6.43. The molecule has 0 radical (unpaired) electrons. The second-order valence-corrected chi connectivity index (χ2v) is 6.47. The van der Waals surface area contributed by atoms with Crippen molar-refractivity contribution >= 4 is 32.7 Å². The van der Waals surface area contributed by atoms with Crippen LogP contribution in [0.15, 0.2) is 71.5 Å². The van der Waals surface area contributed by atoms with Crippen molar-refractivity contribution in [3.05, 3.63) is 72.7 Å². The molecule has 5 rings (SSSR count). The van der Waals surface area contributed by atoms with Gasteiger partial charge in [0, 0.05) is 40.7 Å². The Bertz CT molecular complexity index is 1270. The van der Waals surface area contributed by atoms with Gasteiger partial charge in [0.25, 0.3) is 0 Å². The molecule has 0 fully saturated rings. The molecule has 0 unspecified atom stereocenters. The van der Waals surface area contributed by atoms with E-state index in [1.807, 2.05) is 24.5 Å². The summed E-state index contributed by atoms with van der Waals surface area (Å²) in [5, 5.41) is 4.47. The zero-order valence-electron chi connectivity index (χ0n) is 14.2. The van der Waals surface area contributed by atoms with Gasteiger partial charge in [-0.2, -0.15) is 0 Å². The van der Waals surface area contributed by atoms with Gasteiger partial charge in [0.05, 0.1) is 5.56 Å². The molecule has 0 bridgehead atoms. The molecule has 0 N–H and O–H groups in total.